The second-order valence-electron chi connectivity index (χ2n) is 8.36. The van der Waals surface area contributed by atoms with Crippen LogP contribution >= 0.6 is 0 Å². The third kappa shape index (κ3) is 4.62. The van der Waals surface area contributed by atoms with Gasteiger partial charge in [0.05, 0.1) is 18.2 Å². The lowest BCUT2D eigenvalue weighted by molar-refractivity contribution is -0.116. The summed E-state index contributed by atoms with van der Waals surface area (Å²) in [6.45, 7) is 3.88. The zero-order chi connectivity index (χ0) is 26.6. The van der Waals surface area contributed by atoms with E-state index < -0.39 is 0 Å². The topological polar surface area (TPSA) is 130 Å². The Morgan fingerprint density at radius 1 is 1.05 bits per heavy atom. The molecule has 1 amide bonds. The highest BCUT2D eigenvalue weighted by Gasteiger charge is 2.23. The molecule has 3 N–H and O–H groups in total. The van der Waals surface area contributed by atoms with Crippen LogP contribution in [-0.2, 0) is 18.4 Å². The van der Waals surface area contributed by atoms with Gasteiger partial charge in [-0.2, -0.15) is 0 Å². The zero-order valence-electron chi connectivity index (χ0n) is 20.9. The number of methoxy groups -OCH3 is 1. The minimum atomic E-state index is -0.223. The number of aromatic nitrogens is 5. The maximum Gasteiger partial charge on any atom is 0.321 e. The molecule has 0 bridgehead atoms. The number of nitrogen functional groups attached to an aromatic ring is 1. The fourth-order valence-corrected chi connectivity index (χ4v) is 4.28. The number of ether oxygens (including phenoxy) is 2. The molecular formula is C28H25N7O3. The Kier molecular flexibility index (Phi) is 6.68. The molecule has 2 aromatic carbocycles. The van der Waals surface area contributed by atoms with E-state index in [0.717, 1.165) is 33.3 Å². The van der Waals surface area contributed by atoms with Crippen LogP contribution in [0.25, 0.3) is 33.4 Å². The normalized spacial score (nSPS) is 10.8. The van der Waals surface area contributed by atoms with Gasteiger partial charge in [0.1, 0.15) is 17.8 Å². The molecule has 0 aliphatic carbocycles. The number of aryl methyl sites for hydroxylation is 1. The number of benzene rings is 2. The number of nitrogens with one attached hydrogen (secondary N) is 1. The minimum Gasteiger partial charge on any atom is -0.493 e. The lowest BCUT2D eigenvalue weighted by Crippen LogP contribution is -2.19. The number of hydrogen-bond acceptors (Lipinski definition) is 8. The molecule has 0 atom stereocenters. The summed E-state index contributed by atoms with van der Waals surface area (Å²) in [5.74, 6) is 1.12. The van der Waals surface area contributed by atoms with E-state index in [1.165, 1.54) is 12.4 Å². The van der Waals surface area contributed by atoms with Crippen molar-refractivity contribution in [3.05, 3.63) is 85.5 Å². The van der Waals surface area contributed by atoms with Crippen LogP contribution in [-0.4, -0.2) is 37.5 Å². The fraction of sp³-hybridized carbons (Fsp3) is 0.107. The molecule has 3 heterocycles. The van der Waals surface area contributed by atoms with Gasteiger partial charge < -0.3 is 25.1 Å². The number of nitrogens with two attached hydrogens (primary N) is 1. The van der Waals surface area contributed by atoms with E-state index in [1.54, 1.807) is 31.6 Å². The molecule has 0 aliphatic heterocycles. The van der Waals surface area contributed by atoms with Crippen molar-refractivity contribution in [2.24, 2.45) is 7.05 Å². The Hall–Kier alpha value is -5.25. The van der Waals surface area contributed by atoms with Crippen LogP contribution in [0.1, 0.15) is 5.56 Å². The summed E-state index contributed by atoms with van der Waals surface area (Å²) >= 11 is 0. The second-order valence-corrected chi connectivity index (χ2v) is 8.36. The van der Waals surface area contributed by atoms with Crippen LogP contribution in [0.15, 0.2) is 79.9 Å². The van der Waals surface area contributed by atoms with E-state index in [9.17, 15) is 4.79 Å². The number of rotatable bonds is 8. The smallest absolute Gasteiger partial charge is 0.321 e. The van der Waals surface area contributed by atoms with Gasteiger partial charge in [-0.1, -0.05) is 36.9 Å². The summed E-state index contributed by atoms with van der Waals surface area (Å²) < 4.78 is 13.5. The average Bonchev–Trinajstić information content (AvgIpc) is 3.26. The third-order valence-corrected chi connectivity index (χ3v) is 6.07. The maximum absolute atomic E-state index is 11.5. The Bertz CT molecular complexity index is 1630. The summed E-state index contributed by atoms with van der Waals surface area (Å²) in [5, 5.41) is 3.52. The van der Waals surface area contributed by atoms with Crippen LogP contribution in [0.3, 0.4) is 0 Å². The molecule has 5 rings (SSSR count). The van der Waals surface area contributed by atoms with Crippen molar-refractivity contribution in [3.63, 3.8) is 0 Å². The quantitative estimate of drug-likeness (QED) is 0.298. The van der Waals surface area contributed by atoms with Gasteiger partial charge >= 0.3 is 6.01 Å². The molecule has 5 aromatic rings. The molecule has 38 heavy (non-hydrogen) atoms. The molecule has 0 fully saturated rings. The van der Waals surface area contributed by atoms with Crippen LogP contribution < -0.4 is 20.5 Å². The molecule has 190 valence electrons. The van der Waals surface area contributed by atoms with Gasteiger partial charge in [0.15, 0.2) is 11.5 Å². The standard InChI is InChI=1S/C28H25N7O3/c1-4-22(36)32-15-17-6-8-18(9-7-17)25-23(24-26(29)33-16-34-27(24)35(25)2)19-10-11-20(21(14-19)37-3)38-28-30-12-5-13-31-28/h4-14,16H,1,15H2,2-3H3,(H,32,36)(H2,29,33,34). The highest BCUT2D eigenvalue weighted by Crippen LogP contribution is 2.44. The van der Waals surface area contributed by atoms with E-state index in [-0.39, 0.29) is 11.9 Å². The molecule has 0 aliphatic rings. The molecular weight excluding hydrogens is 482 g/mol. The highest BCUT2D eigenvalue weighted by atomic mass is 16.5. The van der Waals surface area contributed by atoms with Crippen molar-refractivity contribution in [3.8, 4) is 39.9 Å². The van der Waals surface area contributed by atoms with Crippen LogP contribution in [0.4, 0.5) is 5.82 Å². The zero-order valence-corrected chi connectivity index (χ0v) is 20.9. The Labute approximate surface area is 218 Å². The summed E-state index contributed by atoms with van der Waals surface area (Å²) in [6.07, 6.45) is 5.91. The molecule has 0 saturated heterocycles. The molecule has 10 heteroatoms. The van der Waals surface area contributed by atoms with Crippen molar-refractivity contribution in [1.82, 2.24) is 29.8 Å². The van der Waals surface area contributed by atoms with Crippen molar-refractivity contribution < 1.29 is 14.3 Å². The first-order chi connectivity index (χ1) is 18.5. The first kappa shape index (κ1) is 24.4. The first-order valence-corrected chi connectivity index (χ1v) is 11.7. The van der Waals surface area contributed by atoms with E-state index in [2.05, 4.69) is 31.8 Å². The predicted octanol–water partition coefficient (Wildman–Crippen LogP) is 4.28. The maximum atomic E-state index is 11.5. The lowest BCUT2D eigenvalue weighted by Gasteiger charge is -2.13. The monoisotopic (exact) mass is 507 g/mol. The van der Waals surface area contributed by atoms with Crippen LogP contribution in [0.5, 0.6) is 17.5 Å². The van der Waals surface area contributed by atoms with Gasteiger partial charge in [0.2, 0.25) is 5.91 Å². The second kappa shape index (κ2) is 10.4. The molecule has 3 aromatic heterocycles. The number of nitrogens with zero attached hydrogens (tertiary/aromatic N) is 5. The van der Waals surface area contributed by atoms with Gasteiger partial charge in [-0.05, 0) is 41.0 Å². The van der Waals surface area contributed by atoms with Gasteiger partial charge in [-0.15, -0.1) is 0 Å². The Balaban J connectivity index is 1.62. The molecule has 0 spiro atoms. The van der Waals surface area contributed by atoms with Crippen molar-refractivity contribution >= 4 is 22.8 Å². The lowest BCUT2D eigenvalue weighted by atomic mass is 9.97. The number of hydrogen-bond donors (Lipinski definition) is 2. The summed E-state index contributed by atoms with van der Waals surface area (Å²) in [7, 11) is 3.51. The van der Waals surface area contributed by atoms with Crippen molar-refractivity contribution in [2.45, 2.75) is 6.54 Å². The summed E-state index contributed by atoms with van der Waals surface area (Å²) in [5.41, 5.74) is 11.6. The van der Waals surface area contributed by atoms with Gasteiger partial charge in [-0.25, -0.2) is 19.9 Å². The highest BCUT2D eigenvalue weighted by molar-refractivity contribution is 6.08. The molecule has 0 saturated carbocycles. The van der Waals surface area contributed by atoms with Crippen LogP contribution in [0, 0.1) is 0 Å². The van der Waals surface area contributed by atoms with E-state index in [0.29, 0.717) is 29.5 Å². The molecule has 0 radical (unpaired) electrons. The number of amides is 1. The summed E-state index contributed by atoms with van der Waals surface area (Å²) in [4.78, 5) is 28.5. The number of carbonyl (C=O) groups is 1. The predicted molar refractivity (Wildman–Crippen MR) is 144 cm³/mol. The first-order valence-electron chi connectivity index (χ1n) is 11.7. The molecule has 10 nitrogen and oxygen atoms in total. The van der Waals surface area contributed by atoms with E-state index in [1.807, 2.05) is 48.0 Å². The van der Waals surface area contributed by atoms with Gasteiger partial charge in [0.25, 0.3) is 0 Å². The third-order valence-electron chi connectivity index (χ3n) is 6.07. The van der Waals surface area contributed by atoms with E-state index >= 15 is 0 Å². The number of fused-ring (bicyclic) bond motifs is 1. The van der Waals surface area contributed by atoms with Crippen molar-refractivity contribution in [1.29, 1.82) is 0 Å². The number of carbonyl (C=O) groups excluding carboxylic acids is 1. The van der Waals surface area contributed by atoms with Crippen molar-refractivity contribution in [2.75, 3.05) is 12.8 Å². The van der Waals surface area contributed by atoms with E-state index in [4.69, 9.17) is 15.2 Å². The van der Waals surface area contributed by atoms with Gasteiger partial charge in [0, 0.05) is 31.5 Å². The number of anilines is 1. The largest absolute Gasteiger partial charge is 0.493 e. The minimum absolute atomic E-state index is 0.214. The SMILES string of the molecule is C=CC(=O)NCc1ccc(-c2c(-c3ccc(Oc4ncccn4)c(OC)c3)c3c(N)ncnc3n2C)cc1. The average molecular weight is 508 g/mol. The van der Waals surface area contributed by atoms with Crippen LogP contribution in [0.2, 0.25) is 0 Å². The fourth-order valence-electron chi connectivity index (χ4n) is 4.28. The molecule has 0 unspecified atom stereocenters. The van der Waals surface area contributed by atoms with Gasteiger partial charge in [-0.3, -0.25) is 4.79 Å². The Morgan fingerprint density at radius 3 is 2.50 bits per heavy atom. The Morgan fingerprint density at radius 2 is 1.79 bits per heavy atom. The summed E-state index contributed by atoms with van der Waals surface area (Å²) in [6, 6.07) is 15.5.